The van der Waals surface area contributed by atoms with Crippen molar-refractivity contribution in [1.82, 2.24) is 0 Å². The number of rotatable bonds is 5. The molecule has 18 heavy (non-hydrogen) atoms. The van der Waals surface area contributed by atoms with Gasteiger partial charge in [-0.05, 0) is 12.1 Å². The summed E-state index contributed by atoms with van der Waals surface area (Å²) in [5.41, 5.74) is 0.555. The molecule has 1 amide bonds. The van der Waals surface area contributed by atoms with Gasteiger partial charge in [-0.1, -0.05) is 37.6 Å². The Morgan fingerprint density at radius 1 is 1.39 bits per heavy atom. The van der Waals surface area contributed by atoms with E-state index in [1.807, 2.05) is 0 Å². The van der Waals surface area contributed by atoms with Crippen molar-refractivity contribution < 1.29 is 14.7 Å². The fourth-order valence-electron chi connectivity index (χ4n) is 1.55. The molecule has 0 saturated carbocycles. The van der Waals surface area contributed by atoms with Gasteiger partial charge >= 0.3 is 5.97 Å². The van der Waals surface area contributed by atoms with Gasteiger partial charge < -0.3 is 10.0 Å². The molecule has 0 saturated heterocycles. The molecule has 0 fully saturated rings. The smallest absolute Gasteiger partial charge is 0.308 e. The number of para-hydroxylation sites is 1. The number of carboxylic acids is 1. The first kappa shape index (κ1) is 14.5. The molecule has 1 atom stereocenters. The minimum atomic E-state index is -0.934. The largest absolute Gasteiger partial charge is 0.481 e. The topological polar surface area (TPSA) is 57.6 Å². The highest BCUT2D eigenvalue weighted by Crippen LogP contribution is 2.26. The summed E-state index contributed by atoms with van der Waals surface area (Å²) in [4.78, 5) is 24.2. The molecule has 98 valence electrons. The summed E-state index contributed by atoms with van der Waals surface area (Å²) in [6, 6.07) is 6.92. The molecule has 0 aliphatic carbocycles. The van der Waals surface area contributed by atoms with Gasteiger partial charge in [-0.3, -0.25) is 9.59 Å². The predicted octanol–water partition coefficient (Wildman–Crippen LogP) is 2.80. The van der Waals surface area contributed by atoms with E-state index in [9.17, 15) is 9.59 Å². The number of carboxylic acid groups (broad SMARTS) is 1. The second-order valence-corrected chi connectivity index (χ2v) is 4.46. The van der Waals surface area contributed by atoms with Gasteiger partial charge in [0.25, 0.3) is 0 Å². The average molecular weight is 270 g/mol. The molecule has 0 spiro atoms. The number of amides is 1. The number of hydrogen-bond donors (Lipinski definition) is 1. The summed E-state index contributed by atoms with van der Waals surface area (Å²) in [6.45, 7) is 3.42. The third-order valence-corrected chi connectivity index (χ3v) is 2.94. The molecule has 1 unspecified atom stereocenters. The second kappa shape index (κ2) is 6.40. The van der Waals surface area contributed by atoms with Gasteiger partial charge in [0.2, 0.25) is 5.91 Å². The first-order chi connectivity index (χ1) is 8.47. The molecule has 0 aromatic heterocycles. The number of carbonyl (C=O) groups excluding carboxylic acids is 1. The lowest BCUT2D eigenvalue weighted by atomic mass is 10.1. The van der Waals surface area contributed by atoms with Crippen LogP contribution < -0.4 is 4.90 Å². The molecular formula is C13H16ClNO3. The molecule has 5 heteroatoms. The van der Waals surface area contributed by atoms with E-state index in [4.69, 9.17) is 16.7 Å². The maximum atomic E-state index is 11.9. The average Bonchev–Trinajstić information content (AvgIpc) is 2.35. The van der Waals surface area contributed by atoms with Gasteiger partial charge in [0.15, 0.2) is 0 Å². The van der Waals surface area contributed by atoms with Crippen molar-refractivity contribution in [3.05, 3.63) is 29.3 Å². The fraction of sp³-hybridized carbons (Fsp3) is 0.385. The number of carbonyl (C=O) groups is 2. The normalized spacial score (nSPS) is 11.9. The van der Waals surface area contributed by atoms with E-state index in [0.717, 1.165) is 0 Å². The lowest BCUT2D eigenvalue weighted by molar-refractivity contribution is -0.140. The summed E-state index contributed by atoms with van der Waals surface area (Å²) in [5, 5.41) is 9.37. The maximum absolute atomic E-state index is 11.9. The Bertz CT molecular complexity index is 448. The van der Waals surface area contributed by atoms with Crippen LogP contribution in [0.2, 0.25) is 5.02 Å². The number of benzene rings is 1. The van der Waals surface area contributed by atoms with Crippen molar-refractivity contribution in [3.8, 4) is 0 Å². The number of nitrogens with zero attached hydrogens (tertiary/aromatic N) is 1. The van der Waals surface area contributed by atoms with Gasteiger partial charge in [-0.2, -0.15) is 0 Å². The lowest BCUT2D eigenvalue weighted by Gasteiger charge is -2.25. The zero-order valence-electron chi connectivity index (χ0n) is 10.4. The van der Waals surface area contributed by atoms with Crippen molar-refractivity contribution in [2.45, 2.75) is 20.3 Å². The number of anilines is 1. The highest BCUT2D eigenvalue weighted by atomic mass is 35.5. The van der Waals surface area contributed by atoms with Gasteiger partial charge in [-0.15, -0.1) is 0 Å². The minimum Gasteiger partial charge on any atom is -0.481 e. The molecular weight excluding hydrogens is 254 g/mol. The molecule has 0 heterocycles. The maximum Gasteiger partial charge on any atom is 0.308 e. The monoisotopic (exact) mass is 269 g/mol. The van der Waals surface area contributed by atoms with Crippen LogP contribution in [0, 0.1) is 5.92 Å². The van der Waals surface area contributed by atoms with Gasteiger partial charge in [0.1, 0.15) is 0 Å². The van der Waals surface area contributed by atoms with Crippen molar-refractivity contribution in [2.24, 2.45) is 5.92 Å². The Hall–Kier alpha value is -1.55. The van der Waals surface area contributed by atoms with Crippen LogP contribution in [0.5, 0.6) is 0 Å². The van der Waals surface area contributed by atoms with E-state index in [1.54, 1.807) is 38.1 Å². The zero-order chi connectivity index (χ0) is 13.7. The summed E-state index contributed by atoms with van der Waals surface area (Å²) in [5.74, 6) is -1.72. The van der Waals surface area contributed by atoms with Crippen LogP contribution in [0.4, 0.5) is 5.69 Å². The fourth-order valence-corrected chi connectivity index (χ4v) is 1.79. The van der Waals surface area contributed by atoms with E-state index in [-0.39, 0.29) is 12.5 Å². The zero-order valence-corrected chi connectivity index (χ0v) is 11.1. The van der Waals surface area contributed by atoms with Crippen molar-refractivity contribution >= 4 is 29.2 Å². The third kappa shape index (κ3) is 3.47. The molecule has 4 nitrogen and oxygen atoms in total. The number of aliphatic carboxylic acids is 1. The molecule has 1 rings (SSSR count). The third-order valence-electron chi connectivity index (χ3n) is 2.62. The predicted molar refractivity (Wildman–Crippen MR) is 70.9 cm³/mol. The van der Waals surface area contributed by atoms with E-state index >= 15 is 0 Å². The second-order valence-electron chi connectivity index (χ2n) is 4.05. The molecule has 0 bridgehead atoms. The molecule has 1 N–H and O–H groups in total. The Labute approximate surface area is 111 Å². The molecule has 0 aliphatic heterocycles. The van der Waals surface area contributed by atoms with E-state index in [2.05, 4.69) is 0 Å². The van der Waals surface area contributed by atoms with Gasteiger partial charge in [-0.25, -0.2) is 0 Å². The summed E-state index contributed by atoms with van der Waals surface area (Å²) in [7, 11) is 0. The Morgan fingerprint density at radius 2 is 2.00 bits per heavy atom. The van der Waals surface area contributed by atoms with E-state index in [1.165, 1.54) is 4.90 Å². The van der Waals surface area contributed by atoms with Crippen LogP contribution in [0.1, 0.15) is 20.3 Å². The Balaban J connectivity index is 3.03. The summed E-state index contributed by atoms with van der Waals surface area (Å²) in [6.07, 6.45) is 0.303. The standard InChI is InChI=1S/C13H16ClNO3/c1-3-12(16)15(8-9(2)13(17)18)11-7-5-4-6-10(11)14/h4-7,9H,3,8H2,1-2H3,(H,17,18). The molecule has 1 aromatic rings. The van der Waals surface area contributed by atoms with Crippen LogP contribution >= 0.6 is 11.6 Å². The Kier molecular flexibility index (Phi) is 5.16. The molecule has 1 aromatic carbocycles. The minimum absolute atomic E-state index is 0.117. The van der Waals surface area contributed by atoms with Crippen LogP contribution in [0.3, 0.4) is 0 Å². The number of halogens is 1. The van der Waals surface area contributed by atoms with Gasteiger partial charge in [0, 0.05) is 13.0 Å². The van der Waals surface area contributed by atoms with Crippen LogP contribution in [-0.4, -0.2) is 23.5 Å². The van der Waals surface area contributed by atoms with E-state index < -0.39 is 11.9 Å². The first-order valence-corrected chi connectivity index (χ1v) is 6.12. The highest BCUT2D eigenvalue weighted by molar-refractivity contribution is 6.33. The van der Waals surface area contributed by atoms with Crippen molar-refractivity contribution in [1.29, 1.82) is 0 Å². The quantitative estimate of drug-likeness (QED) is 0.894. The van der Waals surface area contributed by atoms with Gasteiger partial charge in [0.05, 0.1) is 16.6 Å². The molecule has 0 radical (unpaired) electrons. The first-order valence-electron chi connectivity index (χ1n) is 5.75. The highest BCUT2D eigenvalue weighted by Gasteiger charge is 2.22. The lowest BCUT2D eigenvalue weighted by Crippen LogP contribution is -2.36. The van der Waals surface area contributed by atoms with E-state index in [0.29, 0.717) is 17.1 Å². The van der Waals surface area contributed by atoms with Crippen molar-refractivity contribution in [3.63, 3.8) is 0 Å². The summed E-state index contributed by atoms with van der Waals surface area (Å²) >= 11 is 6.04. The van der Waals surface area contributed by atoms with Crippen LogP contribution in [-0.2, 0) is 9.59 Å². The SMILES string of the molecule is CCC(=O)N(CC(C)C(=O)O)c1ccccc1Cl. The molecule has 0 aliphatic rings. The van der Waals surface area contributed by atoms with Crippen molar-refractivity contribution in [2.75, 3.05) is 11.4 Å². The van der Waals surface area contributed by atoms with Crippen LogP contribution in [0.15, 0.2) is 24.3 Å². The van der Waals surface area contributed by atoms with Crippen LogP contribution in [0.25, 0.3) is 0 Å². The number of hydrogen-bond acceptors (Lipinski definition) is 2. The Morgan fingerprint density at radius 3 is 2.50 bits per heavy atom. The summed E-state index contributed by atoms with van der Waals surface area (Å²) < 4.78 is 0.